The van der Waals surface area contributed by atoms with Gasteiger partial charge in [0, 0.05) is 21.8 Å². The van der Waals surface area contributed by atoms with E-state index in [4.69, 9.17) is 23.2 Å². The lowest BCUT2D eigenvalue weighted by Crippen LogP contribution is -2.08. The summed E-state index contributed by atoms with van der Waals surface area (Å²) in [5, 5.41) is 0.799. The highest BCUT2D eigenvalue weighted by Gasteiger charge is 2.17. The highest BCUT2D eigenvalue weighted by atomic mass is 35.5. The molecule has 1 aromatic heterocycles. The van der Waals surface area contributed by atoms with Gasteiger partial charge >= 0.3 is 0 Å². The summed E-state index contributed by atoms with van der Waals surface area (Å²) in [6, 6.07) is 4.27. The molecule has 0 spiro atoms. The lowest BCUT2D eigenvalue weighted by molar-refractivity contribution is 0.628. The summed E-state index contributed by atoms with van der Waals surface area (Å²) >= 11 is 12.1. The van der Waals surface area contributed by atoms with E-state index in [2.05, 4.69) is 9.97 Å². The van der Waals surface area contributed by atoms with E-state index in [-0.39, 0.29) is 0 Å². The van der Waals surface area contributed by atoms with Crippen LogP contribution in [0.15, 0.2) is 18.2 Å². The predicted molar refractivity (Wildman–Crippen MR) is 74.1 cm³/mol. The third kappa shape index (κ3) is 2.58. The summed E-state index contributed by atoms with van der Waals surface area (Å²) < 4.78 is 13.4. The van der Waals surface area contributed by atoms with Crippen molar-refractivity contribution in [3.8, 4) is 11.4 Å². The molecule has 3 rings (SSSR count). The summed E-state index contributed by atoms with van der Waals surface area (Å²) in [4.78, 5) is 8.77. The first kappa shape index (κ1) is 12.8. The zero-order valence-electron chi connectivity index (χ0n) is 10.1. The standard InChI is InChI=1S/C14H11Cl2FN2/c15-9-5-8(6-10(17)7-9)14-18-12-4-2-1-3-11(12)13(16)19-14/h5-7H,1-4H2. The van der Waals surface area contributed by atoms with E-state index in [1.807, 2.05) is 0 Å². The van der Waals surface area contributed by atoms with Crippen LogP contribution in [0.25, 0.3) is 11.4 Å². The van der Waals surface area contributed by atoms with Crippen molar-refractivity contribution >= 4 is 23.2 Å². The fourth-order valence-corrected chi connectivity index (χ4v) is 2.87. The van der Waals surface area contributed by atoms with Gasteiger partial charge in [0.05, 0.1) is 0 Å². The second kappa shape index (κ2) is 5.06. The van der Waals surface area contributed by atoms with E-state index in [9.17, 15) is 4.39 Å². The second-order valence-electron chi connectivity index (χ2n) is 4.63. The molecule has 0 N–H and O–H groups in total. The maximum Gasteiger partial charge on any atom is 0.161 e. The second-order valence-corrected chi connectivity index (χ2v) is 5.42. The lowest BCUT2D eigenvalue weighted by Gasteiger charge is -2.16. The summed E-state index contributed by atoms with van der Waals surface area (Å²) in [5.74, 6) is 0.0343. The molecule has 0 radical (unpaired) electrons. The summed E-state index contributed by atoms with van der Waals surface area (Å²) in [7, 11) is 0. The molecule has 0 fully saturated rings. The SMILES string of the molecule is Fc1cc(Cl)cc(-c2nc(Cl)c3c(n2)CCCC3)c1. The third-order valence-electron chi connectivity index (χ3n) is 3.25. The lowest BCUT2D eigenvalue weighted by atomic mass is 9.97. The fourth-order valence-electron chi connectivity index (χ4n) is 2.36. The fraction of sp³-hybridized carbons (Fsp3) is 0.286. The molecule has 1 aromatic carbocycles. The Kier molecular flexibility index (Phi) is 3.42. The minimum absolute atomic E-state index is 0.326. The summed E-state index contributed by atoms with van der Waals surface area (Å²) in [5.41, 5.74) is 2.56. The van der Waals surface area contributed by atoms with Crippen molar-refractivity contribution in [1.29, 1.82) is 0 Å². The number of hydrogen-bond acceptors (Lipinski definition) is 2. The van der Waals surface area contributed by atoms with Gasteiger partial charge in [-0.05, 0) is 43.9 Å². The van der Waals surface area contributed by atoms with Crippen molar-refractivity contribution in [3.05, 3.63) is 45.4 Å². The van der Waals surface area contributed by atoms with Crippen LogP contribution in [0.1, 0.15) is 24.1 Å². The van der Waals surface area contributed by atoms with Crippen LogP contribution in [0.5, 0.6) is 0 Å². The molecule has 1 heterocycles. The molecular formula is C14H11Cl2FN2. The Hall–Kier alpha value is -1.19. The van der Waals surface area contributed by atoms with Gasteiger partial charge in [-0.15, -0.1) is 0 Å². The Bertz CT molecular complexity index is 623. The minimum Gasteiger partial charge on any atom is -0.233 e. The first-order valence-corrected chi connectivity index (χ1v) is 6.91. The van der Waals surface area contributed by atoms with Crippen LogP contribution in [0.4, 0.5) is 4.39 Å². The molecule has 1 aliphatic rings. The molecule has 5 heteroatoms. The van der Waals surface area contributed by atoms with Crippen molar-refractivity contribution in [2.45, 2.75) is 25.7 Å². The van der Waals surface area contributed by atoms with Crippen LogP contribution >= 0.6 is 23.2 Å². The van der Waals surface area contributed by atoms with Gasteiger partial charge in [-0.1, -0.05) is 23.2 Å². The van der Waals surface area contributed by atoms with Crippen LogP contribution in [0.3, 0.4) is 0 Å². The first-order valence-electron chi connectivity index (χ1n) is 6.15. The van der Waals surface area contributed by atoms with Crippen molar-refractivity contribution in [2.75, 3.05) is 0 Å². The van der Waals surface area contributed by atoms with Gasteiger partial charge in [0.2, 0.25) is 0 Å². The van der Waals surface area contributed by atoms with Gasteiger partial charge < -0.3 is 0 Å². The Balaban J connectivity index is 2.12. The number of hydrogen-bond donors (Lipinski definition) is 0. The van der Waals surface area contributed by atoms with Gasteiger partial charge in [0.1, 0.15) is 11.0 Å². The number of rotatable bonds is 1. The Morgan fingerprint density at radius 1 is 1.00 bits per heavy atom. The number of benzene rings is 1. The maximum absolute atomic E-state index is 13.4. The largest absolute Gasteiger partial charge is 0.233 e. The van der Waals surface area contributed by atoms with Gasteiger partial charge in [-0.3, -0.25) is 0 Å². The zero-order chi connectivity index (χ0) is 13.4. The molecule has 98 valence electrons. The quantitative estimate of drug-likeness (QED) is 0.726. The van der Waals surface area contributed by atoms with Gasteiger partial charge in [-0.2, -0.15) is 0 Å². The molecule has 0 bridgehead atoms. The molecule has 1 aliphatic carbocycles. The van der Waals surface area contributed by atoms with Gasteiger partial charge in [0.15, 0.2) is 5.82 Å². The normalized spacial score (nSPS) is 14.3. The summed E-state index contributed by atoms with van der Waals surface area (Å²) in [6.07, 6.45) is 4.02. The smallest absolute Gasteiger partial charge is 0.161 e. The van der Waals surface area contributed by atoms with Crippen LogP contribution in [-0.2, 0) is 12.8 Å². The number of aryl methyl sites for hydroxylation is 1. The molecular weight excluding hydrogens is 286 g/mol. The van der Waals surface area contributed by atoms with Crippen molar-refractivity contribution in [1.82, 2.24) is 9.97 Å². The topological polar surface area (TPSA) is 25.8 Å². The Morgan fingerprint density at radius 2 is 1.79 bits per heavy atom. The van der Waals surface area contributed by atoms with E-state index in [1.165, 1.54) is 12.1 Å². The van der Waals surface area contributed by atoms with E-state index in [0.29, 0.717) is 21.6 Å². The van der Waals surface area contributed by atoms with Crippen molar-refractivity contribution in [3.63, 3.8) is 0 Å². The summed E-state index contributed by atoms with van der Waals surface area (Å²) in [6.45, 7) is 0. The highest BCUT2D eigenvalue weighted by Crippen LogP contribution is 2.29. The Labute approximate surface area is 120 Å². The van der Waals surface area contributed by atoms with Crippen LogP contribution in [0.2, 0.25) is 10.2 Å². The van der Waals surface area contributed by atoms with Crippen LogP contribution in [0, 0.1) is 5.82 Å². The monoisotopic (exact) mass is 296 g/mol. The van der Waals surface area contributed by atoms with Crippen LogP contribution < -0.4 is 0 Å². The van der Waals surface area contributed by atoms with E-state index in [0.717, 1.165) is 36.9 Å². The van der Waals surface area contributed by atoms with E-state index in [1.54, 1.807) is 6.07 Å². The van der Waals surface area contributed by atoms with Crippen molar-refractivity contribution in [2.24, 2.45) is 0 Å². The van der Waals surface area contributed by atoms with Crippen molar-refractivity contribution < 1.29 is 4.39 Å². The van der Waals surface area contributed by atoms with E-state index < -0.39 is 5.82 Å². The van der Waals surface area contributed by atoms with E-state index >= 15 is 0 Å². The minimum atomic E-state index is -0.403. The number of halogens is 3. The highest BCUT2D eigenvalue weighted by molar-refractivity contribution is 6.31. The molecule has 2 nitrogen and oxygen atoms in total. The molecule has 0 aliphatic heterocycles. The molecule has 19 heavy (non-hydrogen) atoms. The maximum atomic E-state index is 13.4. The first-order chi connectivity index (χ1) is 9.13. The molecule has 0 saturated heterocycles. The average Bonchev–Trinajstić information content (AvgIpc) is 2.37. The molecule has 0 atom stereocenters. The average molecular weight is 297 g/mol. The van der Waals surface area contributed by atoms with Crippen LogP contribution in [-0.4, -0.2) is 9.97 Å². The van der Waals surface area contributed by atoms with Gasteiger partial charge in [-0.25, -0.2) is 14.4 Å². The Morgan fingerprint density at radius 3 is 2.58 bits per heavy atom. The third-order valence-corrected chi connectivity index (χ3v) is 3.78. The number of fused-ring (bicyclic) bond motifs is 1. The number of nitrogens with zero attached hydrogens (tertiary/aromatic N) is 2. The molecule has 0 saturated carbocycles. The number of aromatic nitrogens is 2. The van der Waals surface area contributed by atoms with Gasteiger partial charge in [0.25, 0.3) is 0 Å². The molecule has 2 aromatic rings. The zero-order valence-corrected chi connectivity index (χ0v) is 11.6. The molecule has 0 unspecified atom stereocenters. The predicted octanol–water partition coefficient (Wildman–Crippen LogP) is 4.47. The molecule has 0 amide bonds.